The molecule has 18 heavy (non-hydrogen) atoms. The molecular formula is C12H15BrN2O2S. The van der Waals surface area contributed by atoms with Crippen LogP contribution in [0.2, 0.25) is 0 Å². The molecule has 2 heterocycles. The predicted molar refractivity (Wildman–Crippen MR) is 74.3 cm³/mol. The van der Waals surface area contributed by atoms with Crippen LogP contribution in [-0.2, 0) is 16.1 Å². The van der Waals surface area contributed by atoms with Crippen LogP contribution in [0.5, 0.6) is 0 Å². The average Bonchev–Trinajstić information content (AvgIpc) is 2.70. The van der Waals surface area contributed by atoms with Gasteiger partial charge < -0.3 is 9.80 Å². The third-order valence-corrected chi connectivity index (χ3v) is 4.90. The van der Waals surface area contributed by atoms with Gasteiger partial charge in [0.05, 0.1) is 6.54 Å². The zero-order valence-electron chi connectivity index (χ0n) is 10.4. The Bertz CT molecular complexity index is 472. The summed E-state index contributed by atoms with van der Waals surface area (Å²) in [5, 5.41) is 1.97. The van der Waals surface area contributed by atoms with E-state index in [0.29, 0.717) is 19.6 Å². The smallest absolute Gasteiger partial charge is 0.312 e. The van der Waals surface area contributed by atoms with E-state index < -0.39 is 5.91 Å². The van der Waals surface area contributed by atoms with Crippen molar-refractivity contribution in [3.05, 3.63) is 20.8 Å². The van der Waals surface area contributed by atoms with Crippen molar-refractivity contribution in [2.24, 2.45) is 0 Å². The molecule has 4 nitrogen and oxygen atoms in total. The number of amides is 2. The van der Waals surface area contributed by atoms with Crippen molar-refractivity contribution in [1.29, 1.82) is 0 Å². The molecule has 1 fully saturated rings. The van der Waals surface area contributed by atoms with Crippen molar-refractivity contribution in [2.75, 3.05) is 13.1 Å². The molecule has 1 aromatic rings. The summed E-state index contributed by atoms with van der Waals surface area (Å²) >= 11 is 5.03. The monoisotopic (exact) mass is 330 g/mol. The van der Waals surface area contributed by atoms with Gasteiger partial charge in [-0.2, -0.15) is 0 Å². The Morgan fingerprint density at radius 2 is 2.06 bits per heavy atom. The lowest BCUT2D eigenvalue weighted by molar-refractivity contribution is -0.157. The summed E-state index contributed by atoms with van der Waals surface area (Å²) in [6, 6.07) is 2.04. The fraction of sp³-hybridized carbons (Fsp3) is 0.500. The molecule has 0 aliphatic carbocycles. The van der Waals surface area contributed by atoms with Crippen LogP contribution >= 0.6 is 27.3 Å². The van der Waals surface area contributed by atoms with Gasteiger partial charge in [0.25, 0.3) is 0 Å². The molecule has 2 rings (SSSR count). The molecule has 2 amide bonds. The quantitative estimate of drug-likeness (QED) is 0.796. The van der Waals surface area contributed by atoms with Gasteiger partial charge in [-0.3, -0.25) is 9.59 Å². The molecule has 1 aliphatic heterocycles. The molecule has 0 saturated carbocycles. The first kappa shape index (κ1) is 13.5. The Kier molecular flexibility index (Phi) is 4.07. The van der Waals surface area contributed by atoms with Gasteiger partial charge in [0.1, 0.15) is 0 Å². The molecule has 0 spiro atoms. The van der Waals surface area contributed by atoms with Gasteiger partial charge in [0.15, 0.2) is 0 Å². The van der Waals surface area contributed by atoms with Crippen LogP contribution in [0.25, 0.3) is 0 Å². The zero-order chi connectivity index (χ0) is 13.3. The summed E-state index contributed by atoms with van der Waals surface area (Å²) in [7, 11) is 0. The van der Waals surface area contributed by atoms with E-state index in [-0.39, 0.29) is 11.9 Å². The fourth-order valence-corrected chi connectivity index (χ4v) is 3.44. The van der Waals surface area contributed by atoms with Gasteiger partial charge in [-0.15, -0.1) is 11.3 Å². The molecule has 6 heteroatoms. The van der Waals surface area contributed by atoms with Crippen LogP contribution in [-0.4, -0.2) is 40.7 Å². The maximum Gasteiger partial charge on any atom is 0.312 e. The number of nitrogens with zero attached hydrogens (tertiary/aromatic N) is 2. The topological polar surface area (TPSA) is 40.6 Å². The van der Waals surface area contributed by atoms with Gasteiger partial charge in [-0.25, -0.2) is 0 Å². The summed E-state index contributed by atoms with van der Waals surface area (Å²) in [5.41, 5.74) is 0. The molecule has 98 valence electrons. The first-order valence-corrected chi connectivity index (χ1v) is 7.49. The van der Waals surface area contributed by atoms with Crippen molar-refractivity contribution in [1.82, 2.24) is 9.80 Å². The van der Waals surface area contributed by atoms with Crippen molar-refractivity contribution in [3.63, 3.8) is 0 Å². The van der Waals surface area contributed by atoms with E-state index in [2.05, 4.69) is 15.9 Å². The summed E-state index contributed by atoms with van der Waals surface area (Å²) in [4.78, 5) is 28.2. The normalized spacial score (nSPS) is 16.9. The second-order valence-corrected chi connectivity index (χ2v) is 6.37. The van der Waals surface area contributed by atoms with E-state index in [1.165, 1.54) is 0 Å². The van der Waals surface area contributed by atoms with Gasteiger partial charge in [-0.1, -0.05) is 0 Å². The van der Waals surface area contributed by atoms with Gasteiger partial charge in [0.2, 0.25) is 0 Å². The number of thiophene rings is 1. The molecule has 0 unspecified atom stereocenters. The first-order valence-electron chi connectivity index (χ1n) is 5.82. The molecule has 0 bridgehead atoms. The van der Waals surface area contributed by atoms with Crippen LogP contribution in [0.3, 0.4) is 0 Å². The highest BCUT2D eigenvalue weighted by atomic mass is 79.9. The number of halogens is 1. The van der Waals surface area contributed by atoms with Gasteiger partial charge in [0, 0.05) is 28.5 Å². The third kappa shape index (κ3) is 2.59. The van der Waals surface area contributed by atoms with Crippen molar-refractivity contribution >= 4 is 39.1 Å². The molecule has 1 aromatic heterocycles. The fourth-order valence-electron chi connectivity index (χ4n) is 1.94. The Morgan fingerprint density at radius 3 is 2.61 bits per heavy atom. The number of carbonyl (C=O) groups is 2. The molecule has 0 N–H and O–H groups in total. The zero-order valence-corrected chi connectivity index (χ0v) is 12.8. The Hall–Kier alpha value is -0.880. The van der Waals surface area contributed by atoms with E-state index in [9.17, 15) is 9.59 Å². The molecule has 0 atom stereocenters. The first-order chi connectivity index (χ1) is 8.50. The van der Waals surface area contributed by atoms with Crippen LogP contribution in [0.15, 0.2) is 15.9 Å². The molecular weight excluding hydrogens is 316 g/mol. The summed E-state index contributed by atoms with van der Waals surface area (Å²) < 4.78 is 0.999. The number of hydrogen-bond donors (Lipinski definition) is 0. The predicted octanol–water partition coefficient (Wildman–Crippen LogP) is 2.09. The largest absolute Gasteiger partial charge is 0.330 e. The van der Waals surface area contributed by atoms with E-state index in [1.54, 1.807) is 21.1 Å². The van der Waals surface area contributed by atoms with E-state index >= 15 is 0 Å². The molecule has 0 aromatic carbocycles. The Morgan fingerprint density at radius 1 is 1.33 bits per heavy atom. The Balaban J connectivity index is 2.07. The summed E-state index contributed by atoms with van der Waals surface area (Å²) in [6.07, 6.45) is 0. The second kappa shape index (κ2) is 5.40. The van der Waals surface area contributed by atoms with E-state index in [0.717, 1.165) is 9.35 Å². The highest BCUT2D eigenvalue weighted by Gasteiger charge is 2.33. The minimum absolute atomic E-state index is 0.0806. The number of hydrogen-bond acceptors (Lipinski definition) is 3. The minimum Gasteiger partial charge on any atom is -0.330 e. The lowest BCUT2D eigenvalue weighted by atomic mass is 10.2. The van der Waals surface area contributed by atoms with E-state index in [1.807, 2.05) is 25.3 Å². The molecule has 0 radical (unpaired) electrons. The van der Waals surface area contributed by atoms with Gasteiger partial charge in [-0.05, 0) is 41.2 Å². The maximum absolute atomic E-state index is 12.0. The van der Waals surface area contributed by atoms with Crippen LogP contribution in [0.4, 0.5) is 0 Å². The maximum atomic E-state index is 12.0. The lowest BCUT2D eigenvalue weighted by Gasteiger charge is -2.35. The SMILES string of the molecule is CC(C)N1CCN(Cc2sccc2Br)C(=O)C1=O. The van der Waals surface area contributed by atoms with Crippen LogP contribution in [0.1, 0.15) is 18.7 Å². The second-order valence-electron chi connectivity index (χ2n) is 4.51. The van der Waals surface area contributed by atoms with Crippen molar-refractivity contribution in [3.8, 4) is 0 Å². The van der Waals surface area contributed by atoms with Gasteiger partial charge >= 0.3 is 11.8 Å². The highest BCUT2D eigenvalue weighted by Crippen LogP contribution is 2.25. The third-order valence-electron chi connectivity index (χ3n) is 2.99. The lowest BCUT2D eigenvalue weighted by Crippen LogP contribution is -2.55. The summed E-state index contributed by atoms with van der Waals surface area (Å²) in [5.74, 6) is -0.779. The van der Waals surface area contributed by atoms with E-state index in [4.69, 9.17) is 0 Å². The van der Waals surface area contributed by atoms with Crippen LogP contribution < -0.4 is 0 Å². The molecule has 1 aliphatic rings. The Labute approximate surface area is 119 Å². The highest BCUT2D eigenvalue weighted by molar-refractivity contribution is 9.10. The van der Waals surface area contributed by atoms with Crippen molar-refractivity contribution < 1.29 is 9.59 Å². The number of carbonyl (C=O) groups excluding carboxylic acids is 2. The minimum atomic E-state index is -0.393. The summed E-state index contributed by atoms with van der Waals surface area (Å²) in [6.45, 7) is 5.58. The molecule has 1 saturated heterocycles. The van der Waals surface area contributed by atoms with Crippen LogP contribution in [0, 0.1) is 0 Å². The number of piperazine rings is 1. The standard InChI is InChI=1S/C12H15BrN2O2S/c1-8(2)15-5-4-14(11(16)12(15)17)7-10-9(13)3-6-18-10/h3,6,8H,4-5,7H2,1-2H3. The number of rotatable bonds is 3. The van der Waals surface area contributed by atoms with Crippen molar-refractivity contribution in [2.45, 2.75) is 26.4 Å². The average molecular weight is 331 g/mol.